The van der Waals surface area contributed by atoms with Crippen LogP contribution in [0.4, 0.5) is 8.78 Å². The summed E-state index contributed by atoms with van der Waals surface area (Å²) in [6.45, 7) is -2.39. The predicted octanol–water partition coefficient (Wildman–Crippen LogP) is -0.000500. The summed E-state index contributed by atoms with van der Waals surface area (Å²) in [6, 6.07) is 0. The van der Waals surface area contributed by atoms with Crippen LogP contribution in [0.15, 0.2) is 0 Å². The van der Waals surface area contributed by atoms with E-state index in [1.165, 1.54) is 4.90 Å². The van der Waals surface area contributed by atoms with Gasteiger partial charge in [0, 0.05) is 13.1 Å². The van der Waals surface area contributed by atoms with E-state index in [9.17, 15) is 18.4 Å². The van der Waals surface area contributed by atoms with Crippen molar-refractivity contribution >= 4 is 11.9 Å². The van der Waals surface area contributed by atoms with Gasteiger partial charge in [-0.25, -0.2) is 0 Å². The molecule has 0 saturated carbocycles. The summed E-state index contributed by atoms with van der Waals surface area (Å²) in [4.78, 5) is 23.8. The fourth-order valence-corrected chi connectivity index (χ4v) is 1.78. The highest BCUT2D eigenvalue weighted by Gasteiger charge is 2.39. The lowest BCUT2D eigenvalue weighted by Crippen LogP contribution is -2.56. The molecule has 16 heavy (non-hydrogen) atoms. The standard InChI is InChI=1S/C9H11F2NO4/c10-9(11)16-6-2-12(3-6)8(14)5-1-7(13)15-4-5/h5-6,9H,1-4H2. The maximum Gasteiger partial charge on any atom is 0.345 e. The molecule has 7 heteroatoms. The number of halogens is 2. The lowest BCUT2D eigenvalue weighted by Gasteiger charge is -2.39. The van der Waals surface area contributed by atoms with E-state index in [4.69, 9.17) is 0 Å². The van der Waals surface area contributed by atoms with Gasteiger partial charge >= 0.3 is 12.6 Å². The quantitative estimate of drug-likeness (QED) is 0.646. The minimum Gasteiger partial charge on any atom is -0.465 e. The first-order chi connectivity index (χ1) is 7.56. The van der Waals surface area contributed by atoms with Crippen molar-refractivity contribution in [3.8, 4) is 0 Å². The summed E-state index contributed by atoms with van der Waals surface area (Å²) in [5, 5.41) is 0. The lowest BCUT2D eigenvalue weighted by atomic mass is 10.0. The van der Waals surface area contributed by atoms with Crippen LogP contribution >= 0.6 is 0 Å². The Labute approximate surface area is 90.3 Å². The van der Waals surface area contributed by atoms with Gasteiger partial charge in [-0.2, -0.15) is 8.78 Å². The van der Waals surface area contributed by atoms with Crippen molar-refractivity contribution in [1.29, 1.82) is 0 Å². The van der Waals surface area contributed by atoms with E-state index in [2.05, 4.69) is 9.47 Å². The van der Waals surface area contributed by atoms with Gasteiger partial charge in [-0.15, -0.1) is 0 Å². The average molecular weight is 235 g/mol. The van der Waals surface area contributed by atoms with Crippen molar-refractivity contribution in [3.63, 3.8) is 0 Å². The lowest BCUT2D eigenvalue weighted by molar-refractivity contribution is -0.200. The van der Waals surface area contributed by atoms with Crippen LogP contribution in [0.1, 0.15) is 6.42 Å². The normalized spacial score (nSPS) is 25.8. The van der Waals surface area contributed by atoms with Gasteiger partial charge in [-0.1, -0.05) is 0 Å². The van der Waals surface area contributed by atoms with E-state index >= 15 is 0 Å². The largest absolute Gasteiger partial charge is 0.465 e. The number of carbonyl (C=O) groups excluding carboxylic acids is 2. The zero-order valence-electron chi connectivity index (χ0n) is 8.40. The Morgan fingerprint density at radius 2 is 2.19 bits per heavy atom. The SMILES string of the molecule is O=C1CC(C(=O)N2CC(OC(F)F)C2)CO1. The van der Waals surface area contributed by atoms with Crippen LogP contribution in [0.3, 0.4) is 0 Å². The molecule has 0 radical (unpaired) electrons. The molecule has 5 nitrogen and oxygen atoms in total. The number of ether oxygens (including phenoxy) is 2. The zero-order valence-corrected chi connectivity index (χ0v) is 8.40. The number of esters is 1. The molecule has 2 rings (SSSR count). The minimum atomic E-state index is -2.81. The van der Waals surface area contributed by atoms with Crippen molar-refractivity contribution in [2.75, 3.05) is 19.7 Å². The molecule has 90 valence electrons. The molecule has 2 fully saturated rings. The van der Waals surface area contributed by atoms with Gasteiger partial charge in [0.25, 0.3) is 0 Å². The second-order valence-corrected chi connectivity index (χ2v) is 3.85. The number of cyclic esters (lactones) is 1. The first-order valence-electron chi connectivity index (χ1n) is 4.94. The Morgan fingerprint density at radius 3 is 2.69 bits per heavy atom. The molecule has 0 N–H and O–H groups in total. The molecule has 0 aliphatic carbocycles. The van der Waals surface area contributed by atoms with E-state index in [-0.39, 0.29) is 38.0 Å². The van der Waals surface area contributed by atoms with Gasteiger partial charge in [0.1, 0.15) is 6.61 Å². The molecule has 1 amide bonds. The average Bonchev–Trinajstić information content (AvgIpc) is 2.56. The fourth-order valence-electron chi connectivity index (χ4n) is 1.78. The van der Waals surface area contributed by atoms with E-state index in [0.29, 0.717) is 0 Å². The van der Waals surface area contributed by atoms with Crippen LogP contribution in [0.25, 0.3) is 0 Å². The molecule has 2 aliphatic heterocycles. The molecule has 0 spiro atoms. The third kappa shape index (κ3) is 2.29. The summed E-state index contributed by atoms with van der Waals surface area (Å²) in [7, 11) is 0. The molecule has 1 atom stereocenters. The number of nitrogens with zero attached hydrogens (tertiary/aromatic N) is 1. The summed E-state index contributed by atoms with van der Waals surface area (Å²) in [6.07, 6.45) is -0.516. The maximum atomic E-state index is 11.8. The number of alkyl halides is 2. The van der Waals surface area contributed by atoms with E-state index in [1.54, 1.807) is 0 Å². The number of hydrogen-bond donors (Lipinski definition) is 0. The first kappa shape index (κ1) is 11.3. The van der Waals surface area contributed by atoms with Crippen molar-refractivity contribution in [2.45, 2.75) is 19.1 Å². The summed E-state index contributed by atoms with van der Waals surface area (Å²) in [5.74, 6) is -1.07. The van der Waals surface area contributed by atoms with Gasteiger partial charge in [0.2, 0.25) is 5.91 Å². The Kier molecular flexibility index (Phi) is 3.04. The molecule has 0 aromatic heterocycles. The van der Waals surface area contributed by atoms with Crippen molar-refractivity contribution in [3.05, 3.63) is 0 Å². The highest BCUT2D eigenvalue weighted by Crippen LogP contribution is 2.22. The number of amides is 1. The summed E-state index contributed by atoms with van der Waals surface area (Å²) < 4.78 is 32.5. The Hall–Kier alpha value is -1.24. The Morgan fingerprint density at radius 1 is 1.50 bits per heavy atom. The van der Waals surface area contributed by atoms with Crippen LogP contribution in [-0.2, 0) is 19.1 Å². The molecule has 1 unspecified atom stereocenters. The molecule has 2 heterocycles. The smallest absolute Gasteiger partial charge is 0.345 e. The Balaban J connectivity index is 1.75. The molecule has 0 aromatic rings. The fraction of sp³-hybridized carbons (Fsp3) is 0.778. The monoisotopic (exact) mass is 235 g/mol. The van der Waals surface area contributed by atoms with Crippen molar-refractivity contribution in [1.82, 2.24) is 4.90 Å². The van der Waals surface area contributed by atoms with Gasteiger partial charge in [-0.05, 0) is 0 Å². The van der Waals surface area contributed by atoms with Crippen LogP contribution in [0.5, 0.6) is 0 Å². The van der Waals surface area contributed by atoms with Crippen LogP contribution in [-0.4, -0.2) is 49.2 Å². The summed E-state index contributed by atoms with van der Waals surface area (Å²) in [5.41, 5.74) is 0. The van der Waals surface area contributed by atoms with Gasteiger partial charge < -0.3 is 14.4 Å². The predicted molar refractivity (Wildman–Crippen MR) is 46.5 cm³/mol. The highest BCUT2D eigenvalue weighted by molar-refractivity contribution is 5.86. The van der Waals surface area contributed by atoms with Gasteiger partial charge in [0.05, 0.1) is 18.4 Å². The molecule has 0 bridgehead atoms. The van der Waals surface area contributed by atoms with Gasteiger partial charge in [-0.3, -0.25) is 9.59 Å². The number of likely N-dealkylation sites (tertiary alicyclic amines) is 1. The first-order valence-corrected chi connectivity index (χ1v) is 4.94. The number of carbonyl (C=O) groups is 2. The molecular formula is C9H11F2NO4. The third-order valence-electron chi connectivity index (χ3n) is 2.66. The van der Waals surface area contributed by atoms with E-state index in [0.717, 1.165) is 0 Å². The second-order valence-electron chi connectivity index (χ2n) is 3.85. The minimum absolute atomic E-state index is 0.0791. The highest BCUT2D eigenvalue weighted by atomic mass is 19.3. The van der Waals surface area contributed by atoms with E-state index in [1.807, 2.05) is 0 Å². The topological polar surface area (TPSA) is 55.8 Å². The number of hydrogen-bond acceptors (Lipinski definition) is 4. The van der Waals surface area contributed by atoms with E-state index < -0.39 is 18.6 Å². The third-order valence-corrected chi connectivity index (χ3v) is 2.66. The Bertz CT molecular complexity index is 304. The molecular weight excluding hydrogens is 224 g/mol. The van der Waals surface area contributed by atoms with Crippen LogP contribution in [0, 0.1) is 5.92 Å². The molecule has 0 aromatic carbocycles. The van der Waals surface area contributed by atoms with Crippen LogP contribution < -0.4 is 0 Å². The summed E-state index contributed by atoms with van der Waals surface area (Å²) >= 11 is 0. The maximum absolute atomic E-state index is 11.8. The van der Waals surface area contributed by atoms with Crippen LogP contribution in [0.2, 0.25) is 0 Å². The molecule has 2 aliphatic rings. The second kappa shape index (κ2) is 4.32. The molecule has 2 saturated heterocycles. The van der Waals surface area contributed by atoms with Gasteiger partial charge in [0.15, 0.2) is 0 Å². The van der Waals surface area contributed by atoms with Crippen molar-refractivity contribution in [2.24, 2.45) is 5.92 Å². The van der Waals surface area contributed by atoms with Crippen molar-refractivity contribution < 1.29 is 27.8 Å². The zero-order chi connectivity index (χ0) is 11.7. The number of rotatable bonds is 3.